The summed E-state index contributed by atoms with van der Waals surface area (Å²) in [4.78, 5) is 12.7. The summed E-state index contributed by atoms with van der Waals surface area (Å²) in [5.74, 6) is 1.12. The molecule has 0 aliphatic carbocycles. The molecule has 2 aromatic carbocycles. The highest BCUT2D eigenvalue weighted by atomic mass is 35.5. The van der Waals surface area contributed by atoms with Crippen LogP contribution in [0.3, 0.4) is 0 Å². The van der Waals surface area contributed by atoms with E-state index in [4.69, 9.17) is 16.3 Å². The first-order valence-electron chi connectivity index (χ1n) is 8.21. The Morgan fingerprint density at radius 2 is 1.89 bits per heavy atom. The molecule has 0 aliphatic rings. The second-order valence-corrected chi connectivity index (χ2v) is 6.27. The summed E-state index contributed by atoms with van der Waals surface area (Å²) in [5.41, 5.74) is 2.38. The number of pyridine rings is 1. The van der Waals surface area contributed by atoms with Crippen molar-refractivity contribution in [3.05, 3.63) is 77.4 Å². The molecular weight excluding hydrogens is 364 g/mol. The molecule has 134 valence electrons. The smallest absolute Gasteiger partial charge is 0.259 e. The minimum absolute atomic E-state index is 0.281. The number of carbonyl (C=O) groups excluding carboxylic acids is 1. The van der Waals surface area contributed by atoms with Gasteiger partial charge in [-0.2, -0.15) is 0 Å². The number of halogens is 1. The minimum Gasteiger partial charge on any atom is -0.497 e. The maximum absolute atomic E-state index is 12.7. The van der Waals surface area contributed by atoms with E-state index in [1.54, 1.807) is 47.9 Å². The van der Waals surface area contributed by atoms with E-state index < -0.39 is 0 Å². The quantitative estimate of drug-likeness (QED) is 0.574. The number of hydrogen-bond donors (Lipinski definition) is 1. The fourth-order valence-corrected chi connectivity index (χ4v) is 2.99. The maximum atomic E-state index is 12.7. The molecule has 0 fully saturated rings. The van der Waals surface area contributed by atoms with Crippen molar-refractivity contribution < 1.29 is 9.53 Å². The normalized spacial score (nSPS) is 10.7. The highest BCUT2D eigenvalue weighted by Gasteiger charge is 2.16. The summed E-state index contributed by atoms with van der Waals surface area (Å²) < 4.78 is 6.97. The highest BCUT2D eigenvalue weighted by Crippen LogP contribution is 2.23. The highest BCUT2D eigenvalue weighted by molar-refractivity contribution is 6.31. The number of rotatable bonds is 4. The van der Waals surface area contributed by atoms with Crippen LogP contribution >= 0.6 is 11.6 Å². The maximum Gasteiger partial charge on any atom is 0.259 e. The molecule has 0 saturated heterocycles. The van der Waals surface area contributed by atoms with E-state index in [2.05, 4.69) is 15.5 Å². The van der Waals surface area contributed by atoms with Crippen molar-refractivity contribution in [2.75, 3.05) is 12.4 Å². The predicted molar refractivity (Wildman–Crippen MR) is 104 cm³/mol. The molecule has 2 heterocycles. The predicted octanol–water partition coefficient (Wildman–Crippen LogP) is 4.31. The zero-order chi connectivity index (χ0) is 18.8. The van der Waals surface area contributed by atoms with E-state index in [1.165, 1.54) is 0 Å². The van der Waals surface area contributed by atoms with Crippen molar-refractivity contribution in [1.29, 1.82) is 0 Å². The lowest BCUT2D eigenvalue weighted by Gasteiger charge is -2.07. The summed E-state index contributed by atoms with van der Waals surface area (Å²) in [5, 5.41) is 11.9. The van der Waals surface area contributed by atoms with Gasteiger partial charge in [-0.25, -0.2) is 0 Å². The summed E-state index contributed by atoms with van der Waals surface area (Å²) in [6.45, 7) is 0. The van der Waals surface area contributed by atoms with E-state index in [-0.39, 0.29) is 5.91 Å². The summed E-state index contributed by atoms with van der Waals surface area (Å²) in [6.07, 6.45) is 1.82. The molecule has 0 atom stereocenters. The Bertz CT molecular complexity index is 1120. The van der Waals surface area contributed by atoms with Gasteiger partial charge in [0.15, 0.2) is 11.5 Å². The molecule has 0 aliphatic heterocycles. The molecule has 2 aromatic heterocycles. The number of nitrogens with one attached hydrogen (secondary N) is 1. The van der Waals surface area contributed by atoms with Gasteiger partial charge in [-0.05, 0) is 54.6 Å². The van der Waals surface area contributed by atoms with Crippen LogP contribution in [0.15, 0.2) is 66.9 Å². The third-order valence-electron chi connectivity index (χ3n) is 4.11. The molecule has 7 heteroatoms. The summed E-state index contributed by atoms with van der Waals surface area (Å²) in [7, 11) is 1.62. The molecule has 27 heavy (non-hydrogen) atoms. The minimum atomic E-state index is -0.281. The Morgan fingerprint density at radius 1 is 1.07 bits per heavy atom. The number of amides is 1. The molecule has 0 bridgehead atoms. The molecule has 1 amide bonds. The number of aromatic nitrogens is 3. The molecule has 0 saturated carbocycles. The fourth-order valence-electron chi connectivity index (χ4n) is 2.79. The lowest BCUT2D eigenvalue weighted by atomic mass is 10.2. The first-order valence-corrected chi connectivity index (χ1v) is 8.58. The zero-order valence-corrected chi connectivity index (χ0v) is 15.1. The van der Waals surface area contributed by atoms with Crippen molar-refractivity contribution >= 4 is 28.8 Å². The first-order chi connectivity index (χ1) is 13.2. The van der Waals surface area contributed by atoms with Gasteiger partial charge >= 0.3 is 0 Å². The Balaban J connectivity index is 1.70. The Morgan fingerprint density at radius 3 is 2.63 bits per heavy atom. The SMILES string of the molecule is COc1ccc(-c2nnc3c(C(=O)Nc4cccc(Cl)c4)cccn23)cc1. The summed E-state index contributed by atoms with van der Waals surface area (Å²) >= 11 is 5.98. The molecule has 4 rings (SSSR count). The second kappa shape index (κ2) is 7.09. The van der Waals surface area contributed by atoms with Crippen molar-refractivity contribution in [2.45, 2.75) is 0 Å². The van der Waals surface area contributed by atoms with E-state index in [0.29, 0.717) is 27.7 Å². The van der Waals surface area contributed by atoms with Crippen molar-refractivity contribution in [3.63, 3.8) is 0 Å². The molecule has 4 aromatic rings. The molecule has 6 nitrogen and oxygen atoms in total. The van der Waals surface area contributed by atoms with Crippen molar-refractivity contribution in [1.82, 2.24) is 14.6 Å². The van der Waals surface area contributed by atoms with Crippen LogP contribution in [0.4, 0.5) is 5.69 Å². The third kappa shape index (κ3) is 3.35. The van der Waals surface area contributed by atoms with Crippen LogP contribution in [-0.4, -0.2) is 27.6 Å². The Kier molecular flexibility index (Phi) is 4.48. The van der Waals surface area contributed by atoms with Crippen LogP contribution in [0.1, 0.15) is 10.4 Å². The van der Waals surface area contributed by atoms with Crippen molar-refractivity contribution in [3.8, 4) is 17.1 Å². The van der Waals surface area contributed by atoms with E-state index in [0.717, 1.165) is 11.3 Å². The fraction of sp³-hybridized carbons (Fsp3) is 0.0500. The lowest BCUT2D eigenvalue weighted by molar-refractivity contribution is 0.102. The second-order valence-electron chi connectivity index (χ2n) is 5.83. The molecule has 1 N–H and O–H groups in total. The average molecular weight is 379 g/mol. The van der Waals surface area contributed by atoms with Gasteiger partial charge in [-0.3, -0.25) is 9.20 Å². The van der Waals surface area contributed by atoms with Gasteiger partial charge in [0.2, 0.25) is 0 Å². The van der Waals surface area contributed by atoms with Gasteiger partial charge in [0.05, 0.1) is 12.7 Å². The van der Waals surface area contributed by atoms with E-state index in [9.17, 15) is 4.79 Å². The number of anilines is 1. The first kappa shape index (κ1) is 17.1. The van der Waals surface area contributed by atoms with Gasteiger partial charge in [-0.15, -0.1) is 10.2 Å². The van der Waals surface area contributed by atoms with Crippen LogP contribution in [-0.2, 0) is 0 Å². The van der Waals surface area contributed by atoms with E-state index in [1.807, 2.05) is 30.5 Å². The number of hydrogen-bond acceptors (Lipinski definition) is 4. The number of carbonyl (C=O) groups is 1. The van der Waals surface area contributed by atoms with E-state index >= 15 is 0 Å². The molecule has 0 spiro atoms. The van der Waals surface area contributed by atoms with Gasteiger partial charge < -0.3 is 10.1 Å². The Hall–Kier alpha value is -3.38. The molecule has 0 unspecified atom stereocenters. The zero-order valence-electron chi connectivity index (χ0n) is 14.4. The molecule has 0 radical (unpaired) electrons. The average Bonchev–Trinajstić information content (AvgIpc) is 3.12. The van der Waals surface area contributed by atoms with Crippen molar-refractivity contribution in [2.24, 2.45) is 0 Å². The van der Waals surface area contributed by atoms with Crippen LogP contribution in [0.5, 0.6) is 5.75 Å². The monoisotopic (exact) mass is 378 g/mol. The van der Waals surface area contributed by atoms with Crippen LogP contribution in [0.2, 0.25) is 5.02 Å². The topological polar surface area (TPSA) is 68.5 Å². The summed E-state index contributed by atoms with van der Waals surface area (Å²) in [6, 6.07) is 18.0. The van der Waals surface area contributed by atoms with Gasteiger partial charge in [0.25, 0.3) is 5.91 Å². The number of methoxy groups -OCH3 is 1. The third-order valence-corrected chi connectivity index (χ3v) is 4.35. The number of benzene rings is 2. The number of fused-ring (bicyclic) bond motifs is 1. The largest absolute Gasteiger partial charge is 0.497 e. The standard InChI is InChI=1S/C20H15ClN4O2/c1-27-16-9-7-13(8-10-16)18-23-24-19-17(6-3-11-25(18)19)20(26)22-15-5-2-4-14(21)12-15/h2-12H,1H3,(H,22,26). The lowest BCUT2D eigenvalue weighted by Crippen LogP contribution is -2.13. The number of ether oxygens (including phenoxy) is 1. The van der Waals surface area contributed by atoms with Gasteiger partial charge in [-0.1, -0.05) is 17.7 Å². The molecular formula is C20H15ClN4O2. The van der Waals surface area contributed by atoms with Gasteiger partial charge in [0.1, 0.15) is 5.75 Å². The van der Waals surface area contributed by atoms with Crippen LogP contribution in [0.25, 0.3) is 17.0 Å². The number of nitrogens with zero attached hydrogens (tertiary/aromatic N) is 3. The Labute approximate surface area is 160 Å². The van der Waals surface area contributed by atoms with Gasteiger partial charge in [0, 0.05) is 22.5 Å². The van der Waals surface area contributed by atoms with Crippen LogP contribution in [0, 0.1) is 0 Å². The van der Waals surface area contributed by atoms with Crippen LogP contribution < -0.4 is 10.1 Å².